The number of ether oxygens (including phenoxy) is 4. The zero-order chi connectivity index (χ0) is 24.8. The summed E-state index contributed by atoms with van der Waals surface area (Å²) in [5.74, 6) is -0.350. The number of hydrogen-bond acceptors (Lipinski definition) is 7. The van der Waals surface area contributed by atoms with Crippen LogP contribution >= 0.6 is 0 Å². The lowest BCUT2D eigenvalue weighted by Crippen LogP contribution is -2.33. The highest BCUT2D eigenvalue weighted by Crippen LogP contribution is 2.42. The number of ketones is 1. The molecular weight excluding hydrogens is 438 g/mol. The van der Waals surface area contributed by atoms with E-state index in [4.69, 9.17) is 18.9 Å². The number of likely N-dealkylation sites (tertiary alicyclic amines) is 1. The molecule has 1 heterocycles. The first-order valence-electron chi connectivity index (χ1n) is 11.2. The number of carbonyl (C=O) groups excluding carboxylic acids is 2. The monoisotopic (exact) mass is 469 g/mol. The molecule has 34 heavy (non-hydrogen) atoms. The molecule has 1 unspecified atom stereocenters. The number of benzene rings is 2. The van der Waals surface area contributed by atoms with Gasteiger partial charge < -0.3 is 29.0 Å². The van der Waals surface area contributed by atoms with E-state index in [0.717, 1.165) is 0 Å². The second-order valence-corrected chi connectivity index (χ2v) is 7.98. The average Bonchev–Trinajstić information content (AvgIpc) is 3.08. The van der Waals surface area contributed by atoms with Crippen molar-refractivity contribution in [3.05, 3.63) is 59.2 Å². The van der Waals surface area contributed by atoms with E-state index in [1.54, 1.807) is 42.5 Å². The summed E-state index contributed by atoms with van der Waals surface area (Å²) in [6.07, 6.45) is -0.0277. The number of hydrogen-bond donors (Lipinski definition) is 1. The Kier molecular flexibility index (Phi) is 8.17. The first kappa shape index (κ1) is 25.1. The largest absolute Gasteiger partial charge is 0.507 e. The molecule has 0 spiro atoms. The van der Waals surface area contributed by atoms with Crippen molar-refractivity contribution in [2.24, 2.45) is 0 Å². The van der Waals surface area contributed by atoms with Crippen LogP contribution < -0.4 is 14.2 Å². The van der Waals surface area contributed by atoms with Gasteiger partial charge in [-0.05, 0) is 50.6 Å². The number of Topliss-reactive ketones (excluding diaryl/α,β-unsaturated/α-hetero) is 1. The smallest absolute Gasteiger partial charge is 0.295 e. The quantitative estimate of drug-likeness (QED) is 0.320. The molecule has 0 bridgehead atoms. The van der Waals surface area contributed by atoms with Crippen molar-refractivity contribution in [1.82, 2.24) is 4.90 Å². The molecule has 1 N–H and O–H groups in total. The second-order valence-electron chi connectivity index (χ2n) is 7.98. The molecule has 8 heteroatoms. The van der Waals surface area contributed by atoms with Crippen molar-refractivity contribution in [2.45, 2.75) is 32.9 Å². The summed E-state index contributed by atoms with van der Waals surface area (Å²) < 4.78 is 21.9. The summed E-state index contributed by atoms with van der Waals surface area (Å²) in [5.41, 5.74) is 0.904. The number of carbonyl (C=O) groups is 2. The van der Waals surface area contributed by atoms with Crippen molar-refractivity contribution in [2.75, 3.05) is 34.0 Å². The van der Waals surface area contributed by atoms with Crippen molar-refractivity contribution in [3.8, 4) is 17.2 Å². The van der Waals surface area contributed by atoms with E-state index < -0.39 is 17.7 Å². The van der Waals surface area contributed by atoms with E-state index in [2.05, 4.69) is 0 Å². The van der Waals surface area contributed by atoms with Crippen LogP contribution in [0.15, 0.2) is 48.0 Å². The molecule has 1 fully saturated rings. The van der Waals surface area contributed by atoms with Crippen molar-refractivity contribution < 1.29 is 33.6 Å². The Morgan fingerprint density at radius 2 is 1.82 bits per heavy atom. The van der Waals surface area contributed by atoms with Gasteiger partial charge >= 0.3 is 0 Å². The standard InChI is InChI=1S/C26H31NO7/c1-6-33-19-9-7-8-17(14-19)23-22(25(29)26(30)27(23)12-13-34-16(2)3)24(28)20-11-10-18(31-4)15-21(20)32-5/h7-11,14-16,23,28H,6,12-13H2,1-5H3/b24-22-. The number of rotatable bonds is 10. The lowest BCUT2D eigenvalue weighted by atomic mass is 9.94. The Morgan fingerprint density at radius 3 is 2.47 bits per heavy atom. The maximum absolute atomic E-state index is 13.2. The summed E-state index contributed by atoms with van der Waals surface area (Å²) in [4.78, 5) is 27.7. The summed E-state index contributed by atoms with van der Waals surface area (Å²) in [6, 6.07) is 11.2. The van der Waals surface area contributed by atoms with Crippen LogP contribution in [0.2, 0.25) is 0 Å². The van der Waals surface area contributed by atoms with E-state index >= 15 is 0 Å². The van der Waals surface area contributed by atoms with Crippen LogP contribution in [0.25, 0.3) is 5.76 Å². The molecule has 1 aliphatic rings. The Morgan fingerprint density at radius 1 is 1.06 bits per heavy atom. The summed E-state index contributed by atoms with van der Waals surface area (Å²) >= 11 is 0. The molecule has 0 saturated carbocycles. The van der Waals surface area contributed by atoms with Crippen LogP contribution in [0.4, 0.5) is 0 Å². The van der Waals surface area contributed by atoms with Gasteiger partial charge in [-0.2, -0.15) is 0 Å². The van der Waals surface area contributed by atoms with Crippen molar-refractivity contribution in [1.29, 1.82) is 0 Å². The van der Waals surface area contributed by atoms with Gasteiger partial charge in [-0.15, -0.1) is 0 Å². The minimum Gasteiger partial charge on any atom is -0.507 e. The summed E-state index contributed by atoms with van der Waals surface area (Å²) in [6.45, 7) is 6.56. The van der Waals surface area contributed by atoms with Crippen LogP contribution in [0.1, 0.15) is 37.9 Å². The normalized spacial score (nSPS) is 17.4. The SMILES string of the molecule is CCOc1cccc(C2/C(=C(/O)c3ccc(OC)cc3OC)C(=O)C(=O)N2CCOC(C)C)c1. The van der Waals surface area contributed by atoms with Gasteiger partial charge in [-0.3, -0.25) is 9.59 Å². The predicted octanol–water partition coefficient (Wildman–Crippen LogP) is 3.95. The van der Waals surface area contributed by atoms with Gasteiger partial charge in [0.05, 0.1) is 50.7 Å². The molecule has 2 aromatic rings. The third-order valence-electron chi connectivity index (χ3n) is 5.47. The molecule has 1 saturated heterocycles. The highest BCUT2D eigenvalue weighted by Gasteiger charge is 2.46. The van der Waals surface area contributed by atoms with Gasteiger partial charge in [0.1, 0.15) is 23.0 Å². The fourth-order valence-electron chi connectivity index (χ4n) is 3.92. The third kappa shape index (κ3) is 5.17. The lowest BCUT2D eigenvalue weighted by molar-refractivity contribution is -0.140. The second kappa shape index (κ2) is 11.1. The van der Waals surface area contributed by atoms with Crippen LogP contribution in [-0.2, 0) is 14.3 Å². The molecule has 0 aliphatic carbocycles. The number of nitrogens with zero attached hydrogens (tertiary/aromatic N) is 1. The van der Waals surface area contributed by atoms with E-state index in [-0.39, 0.29) is 36.2 Å². The Hall–Kier alpha value is -3.52. The minimum absolute atomic E-state index is 0.0216. The number of methoxy groups -OCH3 is 2. The molecule has 1 atom stereocenters. The molecule has 1 aliphatic heterocycles. The van der Waals surface area contributed by atoms with Crippen molar-refractivity contribution >= 4 is 17.4 Å². The fraction of sp³-hybridized carbons (Fsp3) is 0.385. The van der Waals surface area contributed by atoms with Crippen LogP contribution in [-0.4, -0.2) is 61.8 Å². The van der Waals surface area contributed by atoms with Gasteiger partial charge in [-0.1, -0.05) is 12.1 Å². The zero-order valence-electron chi connectivity index (χ0n) is 20.2. The Labute approximate surface area is 199 Å². The Bertz CT molecular complexity index is 1080. The van der Waals surface area contributed by atoms with Crippen LogP contribution in [0.5, 0.6) is 17.2 Å². The van der Waals surface area contributed by atoms with Gasteiger partial charge in [-0.25, -0.2) is 0 Å². The van der Waals surface area contributed by atoms with Gasteiger partial charge in [0.2, 0.25) is 0 Å². The van der Waals surface area contributed by atoms with Gasteiger partial charge in [0, 0.05) is 12.6 Å². The topological polar surface area (TPSA) is 94.5 Å². The zero-order valence-corrected chi connectivity index (χ0v) is 20.2. The van der Waals surface area contributed by atoms with Crippen LogP contribution in [0.3, 0.4) is 0 Å². The molecular formula is C26H31NO7. The molecule has 8 nitrogen and oxygen atoms in total. The molecule has 2 aromatic carbocycles. The highest BCUT2D eigenvalue weighted by atomic mass is 16.5. The Balaban J connectivity index is 2.16. The van der Waals surface area contributed by atoms with E-state index in [9.17, 15) is 14.7 Å². The van der Waals surface area contributed by atoms with E-state index in [0.29, 0.717) is 29.4 Å². The van der Waals surface area contributed by atoms with Gasteiger partial charge in [0.15, 0.2) is 0 Å². The molecule has 0 radical (unpaired) electrons. The first-order chi connectivity index (χ1) is 16.3. The number of aliphatic hydroxyl groups excluding tert-OH is 1. The molecule has 1 amide bonds. The molecule has 182 valence electrons. The lowest BCUT2D eigenvalue weighted by Gasteiger charge is -2.26. The predicted molar refractivity (Wildman–Crippen MR) is 127 cm³/mol. The highest BCUT2D eigenvalue weighted by molar-refractivity contribution is 6.46. The number of aliphatic hydroxyl groups is 1. The molecule has 3 rings (SSSR count). The summed E-state index contributed by atoms with van der Waals surface area (Å²) in [7, 11) is 2.97. The van der Waals surface area contributed by atoms with Crippen molar-refractivity contribution in [3.63, 3.8) is 0 Å². The van der Waals surface area contributed by atoms with E-state index in [1.165, 1.54) is 19.1 Å². The van der Waals surface area contributed by atoms with Crippen LogP contribution in [0, 0.1) is 0 Å². The maximum atomic E-state index is 13.2. The minimum atomic E-state index is -0.817. The first-order valence-corrected chi connectivity index (χ1v) is 11.2. The molecule has 0 aromatic heterocycles. The summed E-state index contributed by atoms with van der Waals surface area (Å²) in [5, 5.41) is 11.3. The fourth-order valence-corrected chi connectivity index (χ4v) is 3.92. The number of amides is 1. The van der Waals surface area contributed by atoms with E-state index in [1.807, 2.05) is 20.8 Å². The third-order valence-corrected chi connectivity index (χ3v) is 5.47. The maximum Gasteiger partial charge on any atom is 0.295 e. The van der Waals surface area contributed by atoms with Gasteiger partial charge in [0.25, 0.3) is 11.7 Å². The average molecular weight is 470 g/mol.